The van der Waals surface area contributed by atoms with Crippen molar-refractivity contribution < 1.29 is 0 Å². The number of halogens is 1. The molecule has 0 saturated carbocycles. The average molecular weight is 132 g/mol. The van der Waals surface area contributed by atoms with Crippen molar-refractivity contribution in [3.63, 3.8) is 0 Å². The second-order valence-electron chi connectivity index (χ2n) is 1.45. The standard InChI is InChI=1S/C4H6ClN3/c1-4-6-3-8(2-5)7-4/h3H,2H2,1H3. The Labute approximate surface area is 52.3 Å². The minimum atomic E-state index is 0.376. The first kappa shape index (κ1) is 5.56. The number of aryl methyl sites for hydroxylation is 1. The monoisotopic (exact) mass is 131 g/mol. The molecule has 0 fully saturated rings. The van der Waals surface area contributed by atoms with Gasteiger partial charge in [0.05, 0.1) is 0 Å². The topological polar surface area (TPSA) is 30.7 Å². The highest BCUT2D eigenvalue weighted by molar-refractivity contribution is 6.15. The van der Waals surface area contributed by atoms with Crippen molar-refractivity contribution in [1.29, 1.82) is 0 Å². The lowest BCUT2D eigenvalue weighted by molar-refractivity contribution is 0.733. The summed E-state index contributed by atoms with van der Waals surface area (Å²) in [6.45, 7) is 1.82. The van der Waals surface area contributed by atoms with E-state index in [4.69, 9.17) is 11.6 Å². The van der Waals surface area contributed by atoms with E-state index < -0.39 is 0 Å². The Balaban J connectivity index is 2.84. The maximum atomic E-state index is 5.40. The molecule has 1 aromatic rings. The van der Waals surface area contributed by atoms with Crippen LogP contribution in [-0.4, -0.2) is 14.8 Å². The van der Waals surface area contributed by atoms with Crippen molar-refractivity contribution in [2.24, 2.45) is 0 Å². The van der Waals surface area contributed by atoms with Gasteiger partial charge in [0.1, 0.15) is 18.2 Å². The fourth-order valence-corrected chi connectivity index (χ4v) is 0.560. The summed E-state index contributed by atoms with van der Waals surface area (Å²) < 4.78 is 1.57. The van der Waals surface area contributed by atoms with Crippen molar-refractivity contribution in [3.05, 3.63) is 12.2 Å². The summed E-state index contributed by atoms with van der Waals surface area (Å²) in [7, 11) is 0. The Bertz CT molecular complexity index is 172. The first-order valence-corrected chi connectivity index (χ1v) is 2.78. The largest absolute Gasteiger partial charge is 0.238 e. The van der Waals surface area contributed by atoms with Crippen LogP contribution in [0.4, 0.5) is 0 Å². The van der Waals surface area contributed by atoms with Crippen molar-refractivity contribution in [2.75, 3.05) is 0 Å². The molecule has 0 N–H and O–H groups in total. The van der Waals surface area contributed by atoms with Crippen molar-refractivity contribution >= 4 is 11.6 Å². The van der Waals surface area contributed by atoms with Crippen LogP contribution in [0.3, 0.4) is 0 Å². The maximum absolute atomic E-state index is 5.40. The van der Waals surface area contributed by atoms with Gasteiger partial charge in [-0.1, -0.05) is 0 Å². The van der Waals surface area contributed by atoms with Crippen LogP contribution in [0.5, 0.6) is 0 Å². The normalized spacial score (nSPS) is 9.75. The van der Waals surface area contributed by atoms with E-state index >= 15 is 0 Å². The molecular formula is C4H6ClN3. The van der Waals surface area contributed by atoms with Crippen LogP contribution in [-0.2, 0) is 6.00 Å². The molecule has 0 radical (unpaired) electrons. The van der Waals surface area contributed by atoms with Gasteiger partial charge in [-0.3, -0.25) is 0 Å². The molecule has 0 aliphatic carbocycles. The highest BCUT2D eigenvalue weighted by Gasteiger charge is 1.88. The number of hydrogen-bond donors (Lipinski definition) is 0. The van der Waals surface area contributed by atoms with Gasteiger partial charge in [0, 0.05) is 0 Å². The number of alkyl halides is 1. The fraction of sp³-hybridized carbons (Fsp3) is 0.500. The molecular weight excluding hydrogens is 126 g/mol. The summed E-state index contributed by atoms with van der Waals surface area (Å²) in [6.07, 6.45) is 1.60. The average Bonchev–Trinajstić information content (AvgIpc) is 2.14. The van der Waals surface area contributed by atoms with Crippen LogP contribution in [0, 0.1) is 6.92 Å². The van der Waals surface area contributed by atoms with E-state index in [1.807, 2.05) is 6.92 Å². The SMILES string of the molecule is Cc1ncn(CCl)n1. The second kappa shape index (κ2) is 2.13. The van der Waals surface area contributed by atoms with E-state index in [0.717, 1.165) is 5.82 Å². The van der Waals surface area contributed by atoms with Crippen molar-refractivity contribution in [3.8, 4) is 0 Å². The van der Waals surface area contributed by atoms with Crippen molar-refractivity contribution in [2.45, 2.75) is 12.9 Å². The van der Waals surface area contributed by atoms with Crippen LogP contribution in [0.1, 0.15) is 5.82 Å². The van der Waals surface area contributed by atoms with Crippen LogP contribution >= 0.6 is 11.6 Å². The van der Waals surface area contributed by atoms with Crippen LogP contribution < -0.4 is 0 Å². The van der Waals surface area contributed by atoms with E-state index in [9.17, 15) is 0 Å². The third kappa shape index (κ3) is 0.980. The number of nitrogens with zero attached hydrogens (tertiary/aromatic N) is 3. The molecule has 1 aromatic heterocycles. The van der Waals surface area contributed by atoms with E-state index in [2.05, 4.69) is 10.1 Å². The Morgan fingerprint density at radius 2 is 2.62 bits per heavy atom. The molecule has 3 nitrogen and oxygen atoms in total. The van der Waals surface area contributed by atoms with Crippen molar-refractivity contribution in [1.82, 2.24) is 14.8 Å². The molecule has 8 heavy (non-hydrogen) atoms. The fourth-order valence-electron chi connectivity index (χ4n) is 0.445. The molecule has 0 aromatic carbocycles. The van der Waals surface area contributed by atoms with Gasteiger partial charge in [0.2, 0.25) is 0 Å². The lowest BCUT2D eigenvalue weighted by Crippen LogP contribution is -1.91. The molecule has 44 valence electrons. The van der Waals surface area contributed by atoms with Gasteiger partial charge < -0.3 is 0 Å². The molecule has 1 rings (SSSR count). The summed E-state index contributed by atoms with van der Waals surface area (Å²) in [6, 6.07) is 0.376. The third-order valence-corrected chi connectivity index (χ3v) is 1.02. The third-order valence-electron chi connectivity index (χ3n) is 0.773. The summed E-state index contributed by atoms with van der Waals surface area (Å²) in [5, 5.41) is 3.90. The quantitative estimate of drug-likeness (QED) is 0.528. The van der Waals surface area contributed by atoms with E-state index in [0.29, 0.717) is 6.00 Å². The second-order valence-corrected chi connectivity index (χ2v) is 1.69. The Hall–Kier alpha value is -0.570. The molecule has 0 bridgehead atoms. The minimum Gasteiger partial charge on any atom is -0.238 e. The lowest BCUT2D eigenvalue weighted by atomic mass is 10.8. The zero-order valence-corrected chi connectivity index (χ0v) is 5.26. The lowest BCUT2D eigenvalue weighted by Gasteiger charge is -1.84. The van der Waals surface area contributed by atoms with E-state index in [-0.39, 0.29) is 0 Å². The predicted octanol–water partition coefficient (Wildman–Crippen LogP) is 0.783. The minimum absolute atomic E-state index is 0.376. The van der Waals surface area contributed by atoms with Gasteiger partial charge >= 0.3 is 0 Å². The summed E-state index contributed by atoms with van der Waals surface area (Å²) in [5.74, 6) is 0.755. The van der Waals surface area contributed by atoms with Crippen LogP contribution in [0.25, 0.3) is 0 Å². The van der Waals surface area contributed by atoms with Gasteiger partial charge in [-0.05, 0) is 6.92 Å². The molecule has 1 heterocycles. The van der Waals surface area contributed by atoms with Gasteiger partial charge in [0.15, 0.2) is 0 Å². The zero-order valence-electron chi connectivity index (χ0n) is 4.50. The first-order valence-electron chi connectivity index (χ1n) is 2.25. The molecule has 0 amide bonds. The predicted molar refractivity (Wildman–Crippen MR) is 30.6 cm³/mol. The van der Waals surface area contributed by atoms with Gasteiger partial charge in [-0.2, -0.15) is 5.10 Å². The molecule has 0 saturated heterocycles. The molecule has 0 aliphatic rings. The van der Waals surface area contributed by atoms with E-state index in [1.54, 1.807) is 11.0 Å². The molecule has 0 spiro atoms. The van der Waals surface area contributed by atoms with Crippen LogP contribution in [0.2, 0.25) is 0 Å². The smallest absolute Gasteiger partial charge is 0.147 e. The Kier molecular flexibility index (Phi) is 1.48. The number of hydrogen-bond acceptors (Lipinski definition) is 2. The van der Waals surface area contributed by atoms with Gasteiger partial charge in [-0.25, -0.2) is 9.67 Å². The molecule has 0 unspecified atom stereocenters. The highest BCUT2D eigenvalue weighted by Crippen LogP contribution is 1.87. The Morgan fingerprint density at radius 3 is 2.88 bits per heavy atom. The summed E-state index contributed by atoms with van der Waals surface area (Å²) in [4.78, 5) is 3.85. The van der Waals surface area contributed by atoms with Gasteiger partial charge in [-0.15, -0.1) is 11.6 Å². The zero-order chi connectivity index (χ0) is 5.98. The first-order chi connectivity index (χ1) is 3.83. The van der Waals surface area contributed by atoms with Crippen LogP contribution in [0.15, 0.2) is 6.33 Å². The van der Waals surface area contributed by atoms with E-state index in [1.165, 1.54) is 0 Å². The highest BCUT2D eigenvalue weighted by atomic mass is 35.5. The van der Waals surface area contributed by atoms with Gasteiger partial charge in [0.25, 0.3) is 0 Å². The Morgan fingerprint density at radius 1 is 1.88 bits per heavy atom. The molecule has 0 aliphatic heterocycles. The number of rotatable bonds is 1. The summed E-state index contributed by atoms with van der Waals surface area (Å²) in [5.41, 5.74) is 0. The number of aromatic nitrogens is 3. The molecule has 4 heteroatoms. The summed E-state index contributed by atoms with van der Waals surface area (Å²) >= 11 is 5.40. The molecule has 0 atom stereocenters. The maximum Gasteiger partial charge on any atom is 0.147 e.